The predicted molar refractivity (Wildman–Crippen MR) is 72.0 cm³/mol. The second kappa shape index (κ2) is 5.54. The van der Waals surface area contributed by atoms with E-state index in [0.717, 1.165) is 11.1 Å². The molecule has 0 aromatic heterocycles. The molecule has 1 saturated carbocycles. The van der Waals surface area contributed by atoms with E-state index in [9.17, 15) is 0 Å². The molecule has 1 aromatic rings. The van der Waals surface area contributed by atoms with Gasteiger partial charge in [0.25, 0.3) is 0 Å². The molecule has 0 atom stereocenters. The summed E-state index contributed by atoms with van der Waals surface area (Å²) >= 11 is 0. The topological polar surface area (TPSA) is 38.4 Å². The van der Waals surface area contributed by atoms with Gasteiger partial charge in [0, 0.05) is 11.1 Å². The summed E-state index contributed by atoms with van der Waals surface area (Å²) in [5, 5.41) is 0. The molecule has 0 saturated heterocycles. The van der Waals surface area contributed by atoms with Crippen molar-refractivity contribution in [3.05, 3.63) is 35.4 Å². The van der Waals surface area contributed by atoms with Crippen molar-refractivity contribution in [3.63, 3.8) is 0 Å². The van der Waals surface area contributed by atoms with Gasteiger partial charge in [-0.1, -0.05) is 37.3 Å². The Labute approximate surface area is 103 Å². The van der Waals surface area contributed by atoms with Gasteiger partial charge in [0.2, 0.25) is 0 Å². The molecule has 0 unspecified atom stereocenters. The second-order valence-corrected chi connectivity index (χ2v) is 4.53. The van der Waals surface area contributed by atoms with Crippen LogP contribution in [0.1, 0.15) is 43.2 Å². The molecule has 2 N–H and O–H groups in total. The molecule has 0 heterocycles. The first-order valence-corrected chi connectivity index (χ1v) is 6.20. The van der Waals surface area contributed by atoms with Gasteiger partial charge in [0.05, 0.1) is 6.04 Å². The van der Waals surface area contributed by atoms with Crippen LogP contribution in [-0.4, -0.2) is 11.9 Å². The highest BCUT2D eigenvalue weighted by Crippen LogP contribution is 2.20. The van der Waals surface area contributed by atoms with Gasteiger partial charge in [0.1, 0.15) is 5.84 Å². The Bertz CT molecular complexity index is 431. The maximum Gasteiger partial charge on any atom is 0.125 e. The van der Waals surface area contributed by atoms with Crippen LogP contribution in [0.2, 0.25) is 0 Å². The zero-order chi connectivity index (χ0) is 12.1. The maximum absolute atomic E-state index is 6.02. The molecule has 0 aliphatic heterocycles. The normalized spacial score (nSPS) is 17.7. The minimum Gasteiger partial charge on any atom is -0.383 e. The van der Waals surface area contributed by atoms with Crippen LogP contribution in [0.5, 0.6) is 0 Å². The molecule has 1 fully saturated rings. The van der Waals surface area contributed by atoms with E-state index in [1.165, 1.54) is 32.1 Å². The fourth-order valence-electron chi connectivity index (χ4n) is 2.22. The molecule has 88 valence electrons. The van der Waals surface area contributed by atoms with Crippen molar-refractivity contribution < 1.29 is 0 Å². The molecule has 1 aliphatic carbocycles. The van der Waals surface area contributed by atoms with Crippen molar-refractivity contribution >= 4 is 5.84 Å². The van der Waals surface area contributed by atoms with Crippen molar-refractivity contribution in [1.82, 2.24) is 0 Å². The largest absolute Gasteiger partial charge is 0.383 e. The van der Waals surface area contributed by atoms with Crippen LogP contribution in [0.25, 0.3) is 0 Å². The van der Waals surface area contributed by atoms with Crippen LogP contribution < -0.4 is 5.73 Å². The summed E-state index contributed by atoms with van der Waals surface area (Å²) in [5.74, 6) is 3.23. The van der Waals surface area contributed by atoms with Gasteiger partial charge in [-0.15, -0.1) is 6.42 Å². The number of nitrogens with two attached hydrogens (primary N) is 1. The molecule has 0 spiro atoms. The standard InChI is InChI=1S/C15H18N2/c1-2-12-8-10-13(11-9-12)15(16)17-14-6-4-3-5-7-14/h1,8-11,14H,3-7H2,(H2,16,17). The quantitative estimate of drug-likeness (QED) is 0.470. The molecule has 0 amide bonds. The number of hydrogen-bond acceptors (Lipinski definition) is 1. The van der Waals surface area contributed by atoms with Gasteiger partial charge in [0.15, 0.2) is 0 Å². The molecule has 1 aliphatic rings. The molecule has 17 heavy (non-hydrogen) atoms. The molecule has 2 nitrogen and oxygen atoms in total. The lowest BCUT2D eigenvalue weighted by molar-refractivity contribution is 0.443. The monoisotopic (exact) mass is 226 g/mol. The summed E-state index contributed by atoms with van der Waals surface area (Å²) in [6, 6.07) is 8.10. The molecule has 2 heteroatoms. The third kappa shape index (κ3) is 3.10. The van der Waals surface area contributed by atoms with E-state index in [4.69, 9.17) is 12.2 Å². The van der Waals surface area contributed by atoms with Gasteiger partial charge < -0.3 is 5.73 Å². The van der Waals surface area contributed by atoms with Gasteiger partial charge in [-0.05, 0) is 25.0 Å². The van der Waals surface area contributed by atoms with Crippen LogP contribution in [-0.2, 0) is 0 Å². The summed E-state index contributed by atoms with van der Waals surface area (Å²) in [7, 11) is 0. The fourth-order valence-corrected chi connectivity index (χ4v) is 2.22. The third-order valence-corrected chi connectivity index (χ3v) is 3.24. The summed E-state index contributed by atoms with van der Waals surface area (Å²) < 4.78 is 0. The highest BCUT2D eigenvalue weighted by atomic mass is 14.9. The van der Waals surface area contributed by atoms with Crippen molar-refractivity contribution in [2.24, 2.45) is 10.7 Å². The van der Waals surface area contributed by atoms with Gasteiger partial charge in [-0.3, -0.25) is 4.99 Å². The zero-order valence-electron chi connectivity index (χ0n) is 10.0. The number of amidine groups is 1. The molecule has 0 radical (unpaired) electrons. The molecule has 0 bridgehead atoms. The maximum atomic E-state index is 6.02. The van der Waals surface area contributed by atoms with E-state index < -0.39 is 0 Å². The minimum absolute atomic E-state index is 0.413. The highest BCUT2D eigenvalue weighted by Gasteiger charge is 2.12. The molecule has 1 aromatic carbocycles. The first-order chi connectivity index (χ1) is 8.29. The molecular formula is C15H18N2. The number of rotatable bonds is 2. The average molecular weight is 226 g/mol. The zero-order valence-corrected chi connectivity index (χ0v) is 10.0. The Hall–Kier alpha value is -1.75. The van der Waals surface area contributed by atoms with E-state index in [0.29, 0.717) is 11.9 Å². The second-order valence-electron chi connectivity index (χ2n) is 4.53. The van der Waals surface area contributed by atoms with Crippen molar-refractivity contribution in [2.75, 3.05) is 0 Å². The summed E-state index contributed by atoms with van der Waals surface area (Å²) in [4.78, 5) is 4.60. The highest BCUT2D eigenvalue weighted by molar-refractivity contribution is 5.97. The van der Waals surface area contributed by atoms with E-state index in [2.05, 4.69) is 10.9 Å². The van der Waals surface area contributed by atoms with Crippen LogP contribution in [0.4, 0.5) is 0 Å². The lowest BCUT2D eigenvalue weighted by Gasteiger charge is -2.18. The van der Waals surface area contributed by atoms with Crippen LogP contribution >= 0.6 is 0 Å². The Morgan fingerprint density at radius 2 is 1.82 bits per heavy atom. The van der Waals surface area contributed by atoms with E-state index in [1.807, 2.05) is 24.3 Å². The van der Waals surface area contributed by atoms with Gasteiger partial charge in [-0.2, -0.15) is 0 Å². The van der Waals surface area contributed by atoms with E-state index in [-0.39, 0.29) is 0 Å². The van der Waals surface area contributed by atoms with Crippen molar-refractivity contribution in [1.29, 1.82) is 0 Å². The van der Waals surface area contributed by atoms with Gasteiger partial charge in [-0.25, -0.2) is 0 Å². The Morgan fingerprint density at radius 3 is 2.41 bits per heavy atom. The predicted octanol–water partition coefficient (Wildman–Crippen LogP) is 2.71. The lowest BCUT2D eigenvalue weighted by atomic mass is 9.96. The SMILES string of the molecule is C#Cc1ccc(C(N)=NC2CCCCC2)cc1. The van der Waals surface area contributed by atoms with E-state index in [1.54, 1.807) is 0 Å². The number of benzene rings is 1. The first kappa shape index (κ1) is 11.7. The smallest absolute Gasteiger partial charge is 0.125 e. The van der Waals surface area contributed by atoms with Crippen LogP contribution in [0.3, 0.4) is 0 Å². The Balaban J connectivity index is 2.09. The lowest BCUT2D eigenvalue weighted by Crippen LogP contribution is -2.19. The van der Waals surface area contributed by atoms with Crippen LogP contribution in [0, 0.1) is 12.3 Å². The number of hydrogen-bond donors (Lipinski definition) is 1. The first-order valence-electron chi connectivity index (χ1n) is 6.20. The Morgan fingerprint density at radius 1 is 1.18 bits per heavy atom. The van der Waals surface area contributed by atoms with Crippen LogP contribution in [0.15, 0.2) is 29.3 Å². The fraction of sp³-hybridized carbons (Fsp3) is 0.400. The summed E-state index contributed by atoms with van der Waals surface area (Å²) in [6.45, 7) is 0. The molecular weight excluding hydrogens is 208 g/mol. The Kier molecular flexibility index (Phi) is 3.82. The molecule has 2 rings (SSSR count). The summed E-state index contributed by atoms with van der Waals surface area (Å²) in [5.41, 5.74) is 7.86. The van der Waals surface area contributed by atoms with Crippen molar-refractivity contribution in [2.45, 2.75) is 38.1 Å². The van der Waals surface area contributed by atoms with Gasteiger partial charge >= 0.3 is 0 Å². The number of nitrogens with zero attached hydrogens (tertiary/aromatic N) is 1. The minimum atomic E-state index is 0.413. The van der Waals surface area contributed by atoms with E-state index >= 15 is 0 Å². The third-order valence-electron chi connectivity index (χ3n) is 3.24. The number of aliphatic imine (C=N–C) groups is 1. The average Bonchev–Trinajstić information content (AvgIpc) is 2.40. The summed E-state index contributed by atoms with van der Waals surface area (Å²) in [6.07, 6.45) is 11.5. The number of terminal acetylenes is 1. The van der Waals surface area contributed by atoms with Crippen molar-refractivity contribution in [3.8, 4) is 12.3 Å².